The molecule has 528 valence electrons. The van der Waals surface area contributed by atoms with Gasteiger partial charge in [0.15, 0.2) is 6.10 Å². The summed E-state index contributed by atoms with van der Waals surface area (Å²) in [7, 11) is 1.45. The molecule has 0 aromatic heterocycles. The van der Waals surface area contributed by atoms with Crippen LogP contribution < -0.4 is 0 Å². The molecule has 10 heteroatoms. The van der Waals surface area contributed by atoms with Gasteiger partial charge in [0.05, 0.1) is 27.7 Å². The fourth-order valence-electron chi connectivity index (χ4n) is 10.4. The van der Waals surface area contributed by atoms with Crippen molar-refractivity contribution in [3.8, 4) is 0 Å². The van der Waals surface area contributed by atoms with Gasteiger partial charge in [-0.15, -0.1) is 0 Å². The highest BCUT2D eigenvalue weighted by atomic mass is 31.2. The molecule has 0 spiro atoms. The van der Waals surface area contributed by atoms with Gasteiger partial charge in [-0.3, -0.25) is 18.6 Å². The van der Waals surface area contributed by atoms with Crippen molar-refractivity contribution >= 4 is 19.8 Å². The van der Waals surface area contributed by atoms with E-state index in [-0.39, 0.29) is 32.0 Å². The van der Waals surface area contributed by atoms with Crippen LogP contribution in [-0.4, -0.2) is 74.9 Å². The number of nitrogens with zero attached hydrogens (tertiary/aromatic N) is 1. The third kappa shape index (κ3) is 75.2. The van der Waals surface area contributed by atoms with E-state index in [2.05, 4.69) is 148 Å². The molecule has 0 bridgehead atoms. The molecule has 1 N–H and O–H groups in total. The third-order valence-corrected chi connectivity index (χ3v) is 17.1. The molecule has 0 aromatic carbocycles. The van der Waals surface area contributed by atoms with Crippen molar-refractivity contribution in [1.82, 2.24) is 0 Å². The summed E-state index contributed by atoms with van der Waals surface area (Å²) in [6.45, 7) is 4.29. The van der Waals surface area contributed by atoms with Gasteiger partial charge in [0, 0.05) is 12.8 Å². The summed E-state index contributed by atoms with van der Waals surface area (Å²) in [5, 5.41) is 0. The Hall–Kier alpha value is -3.85. The minimum Gasteiger partial charge on any atom is -0.462 e. The number of allylic oxidation sites excluding steroid dienone is 22. The van der Waals surface area contributed by atoms with Gasteiger partial charge >= 0.3 is 19.8 Å². The van der Waals surface area contributed by atoms with E-state index in [0.717, 1.165) is 109 Å². The van der Waals surface area contributed by atoms with Crippen LogP contribution >= 0.6 is 7.82 Å². The molecule has 0 amide bonds. The Kier molecular flexibility index (Phi) is 68.5. The van der Waals surface area contributed by atoms with E-state index in [9.17, 15) is 19.0 Å². The van der Waals surface area contributed by atoms with Crippen LogP contribution in [0.1, 0.15) is 322 Å². The maximum Gasteiger partial charge on any atom is 0.472 e. The lowest BCUT2D eigenvalue weighted by atomic mass is 10.0. The summed E-state index contributed by atoms with van der Waals surface area (Å²) in [5.41, 5.74) is 0. The second kappa shape index (κ2) is 71.4. The standard InChI is InChI=1S/C82H142NO8P/c1-6-8-10-12-14-16-18-20-22-24-26-28-30-32-34-36-37-38-39-40-41-42-43-44-45-47-48-50-52-54-56-58-60-62-64-66-68-70-72-74-81(84)88-78-80(79-90-92(86,87)89-77-76-83(3,4)5)91-82(85)75-73-71-69-67-65-63-61-59-57-55-53-51-49-46-35-33-31-29-27-25-23-21-19-17-15-13-11-9-7-2/h9,11,15,17-18,20-21,23-24,26-27,29-30,32-33,35,49,51,55,57,61,63,80H,6-8,10,12-14,16,19,22,25,28,31,34,36-48,50,52-54,56,58-60,62,64-79H2,1-5H3/p+1/b11-9-,17-15-,20-18-,23-21-,26-24-,29-27-,32-30-,35-33-,51-49-,57-55-,63-61-. The van der Waals surface area contributed by atoms with Crippen molar-refractivity contribution in [1.29, 1.82) is 0 Å². The minimum absolute atomic E-state index is 0.0210. The zero-order valence-corrected chi connectivity index (χ0v) is 61.1. The van der Waals surface area contributed by atoms with Crippen LogP contribution in [0.2, 0.25) is 0 Å². The highest BCUT2D eigenvalue weighted by molar-refractivity contribution is 7.47. The lowest BCUT2D eigenvalue weighted by Gasteiger charge is -2.24. The number of phosphoric acid groups is 1. The first-order valence-electron chi connectivity index (χ1n) is 37.9. The largest absolute Gasteiger partial charge is 0.472 e. The summed E-state index contributed by atoms with van der Waals surface area (Å²) in [4.78, 5) is 35.9. The van der Waals surface area contributed by atoms with Gasteiger partial charge in [-0.1, -0.05) is 327 Å². The fraction of sp³-hybridized carbons (Fsp3) is 0.707. The molecule has 0 radical (unpaired) electrons. The number of likely N-dealkylation sites (N-methyl/N-ethyl adjacent to an activating group) is 1. The number of carbonyl (C=O) groups is 2. The Morgan fingerprint density at radius 1 is 0.348 bits per heavy atom. The fourth-order valence-corrected chi connectivity index (χ4v) is 11.1. The lowest BCUT2D eigenvalue weighted by Crippen LogP contribution is -2.37. The van der Waals surface area contributed by atoms with Crippen LogP contribution in [0.15, 0.2) is 134 Å². The monoisotopic (exact) mass is 1300 g/mol. The Labute approximate surface area is 568 Å². The second-order valence-electron chi connectivity index (χ2n) is 26.3. The summed E-state index contributed by atoms with van der Waals surface area (Å²) < 4.78 is 34.7. The predicted molar refractivity (Wildman–Crippen MR) is 399 cm³/mol. The van der Waals surface area contributed by atoms with Crippen molar-refractivity contribution < 1.29 is 42.1 Å². The number of quaternary nitrogens is 1. The van der Waals surface area contributed by atoms with Crippen LogP contribution in [0.3, 0.4) is 0 Å². The number of esters is 2. The number of ether oxygens (including phenoxy) is 2. The van der Waals surface area contributed by atoms with Gasteiger partial charge in [0.25, 0.3) is 0 Å². The van der Waals surface area contributed by atoms with Crippen LogP contribution in [-0.2, 0) is 32.7 Å². The SMILES string of the molecule is CC/C=C\C/C=C\C/C=C\C/C=C\C/C=C\C/C=C\C/C=C\C/C=C\CCCCCCC(=O)OC(COC(=O)CCCCCCCCCCCCCCCCCCCCCCCCCC/C=C\C/C=C\C/C=C\CCCCCCC)COP(=O)(O)OCC[N+](C)(C)C. The van der Waals surface area contributed by atoms with Crippen molar-refractivity contribution in [3.05, 3.63) is 134 Å². The van der Waals surface area contributed by atoms with E-state index >= 15 is 0 Å². The van der Waals surface area contributed by atoms with Crippen LogP contribution in [0, 0.1) is 0 Å². The van der Waals surface area contributed by atoms with Crippen molar-refractivity contribution in [3.63, 3.8) is 0 Å². The zero-order valence-electron chi connectivity index (χ0n) is 60.2. The maximum atomic E-state index is 12.9. The number of hydrogen-bond acceptors (Lipinski definition) is 7. The molecule has 0 aliphatic rings. The molecule has 0 aromatic rings. The Morgan fingerprint density at radius 3 is 0.924 bits per heavy atom. The van der Waals surface area contributed by atoms with Gasteiger partial charge in [-0.05, 0) is 116 Å². The Balaban J connectivity index is 4.03. The first kappa shape index (κ1) is 88.2. The molecule has 0 fully saturated rings. The van der Waals surface area contributed by atoms with Gasteiger partial charge in [0.2, 0.25) is 0 Å². The highest BCUT2D eigenvalue weighted by Gasteiger charge is 2.27. The number of phosphoric ester groups is 1. The molecule has 0 aliphatic carbocycles. The first-order chi connectivity index (χ1) is 45.0. The van der Waals surface area contributed by atoms with E-state index in [4.69, 9.17) is 18.5 Å². The van der Waals surface area contributed by atoms with Crippen LogP contribution in [0.4, 0.5) is 0 Å². The first-order valence-corrected chi connectivity index (χ1v) is 39.4. The Bertz CT molecular complexity index is 2020. The number of unbranched alkanes of at least 4 members (excludes halogenated alkanes) is 33. The van der Waals surface area contributed by atoms with E-state index in [1.54, 1.807) is 0 Å². The molecule has 0 heterocycles. The summed E-state index contributed by atoms with van der Waals surface area (Å²) in [5.74, 6) is -0.824. The molecule has 9 nitrogen and oxygen atoms in total. The van der Waals surface area contributed by atoms with Crippen LogP contribution in [0.5, 0.6) is 0 Å². The second-order valence-corrected chi connectivity index (χ2v) is 27.8. The quantitative estimate of drug-likeness (QED) is 0.0211. The maximum absolute atomic E-state index is 12.9. The van der Waals surface area contributed by atoms with Gasteiger partial charge < -0.3 is 18.9 Å². The number of hydrogen-bond donors (Lipinski definition) is 1. The predicted octanol–water partition coefficient (Wildman–Crippen LogP) is 25.2. The Morgan fingerprint density at radius 2 is 0.620 bits per heavy atom. The molecule has 2 unspecified atom stereocenters. The number of carbonyl (C=O) groups excluding carboxylic acids is 2. The molecule has 0 saturated carbocycles. The third-order valence-electron chi connectivity index (χ3n) is 16.2. The van der Waals surface area contributed by atoms with E-state index < -0.39 is 26.5 Å². The van der Waals surface area contributed by atoms with Crippen molar-refractivity contribution in [2.24, 2.45) is 0 Å². The molecule has 0 saturated heterocycles. The van der Waals surface area contributed by atoms with E-state index in [1.807, 2.05) is 21.1 Å². The normalized spacial score (nSPS) is 13.8. The van der Waals surface area contributed by atoms with Crippen LogP contribution in [0.25, 0.3) is 0 Å². The van der Waals surface area contributed by atoms with E-state index in [1.165, 1.54) is 180 Å². The lowest BCUT2D eigenvalue weighted by molar-refractivity contribution is -0.870. The average molecular weight is 1300 g/mol. The van der Waals surface area contributed by atoms with Crippen molar-refractivity contribution in [2.45, 2.75) is 328 Å². The number of rotatable bonds is 69. The van der Waals surface area contributed by atoms with Crippen molar-refractivity contribution in [2.75, 3.05) is 47.5 Å². The minimum atomic E-state index is -4.41. The van der Waals surface area contributed by atoms with Gasteiger partial charge in [0.1, 0.15) is 19.8 Å². The van der Waals surface area contributed by atoms with Gasteiger partial charge in [-0.2, -0.15) is 0 Å². The molecule has 0 aliphatic heterocycles. The summed E-state index contributed by atoms with van der Waals surface area (Å²) in [6.07, 6.45) is 104. The summed E-state index contributed by atoms with van der Waals surface area (Å²) in [6, 6.07) is 0. The zero-order chi connectivity index (χ0) is 66.9. The molecule has 92 heavy (non-hydrogen) atoms. The van der Waals surface area contributed by atoms with Gasteiger partial charge in [-0.25, -0.2) is 4.57 Å². The molecule has 2 atom stereocenters. The molecular formula is C82H143NO8P+. The smallest absolute Gasteiger partial charge is 0.462 e. The molecule has 0 rings (SSSR count). The molecular weight excluding hydrogens is 1160 g/mol. The van der Waals surface area contributed by atoms with E-state index in [0.29, 0.717) is 17.4 Å². The highest BCUT2D eigenvalue weighted by Crippen LogP contribution is 2.43. The topological polar surface area (TPSA) is 108 Å². The summed E-state index contributed by atoms with van der Waals surface area (Å²) >= 11 is 0. The average Bonchev–Trinajstić information content (AvgIpc) is 2.14.